The van der Waals surface area contributed by atoms with Crippen molar-refractivity contribution >= 4 is 18.4 Å². The normalized spacial score (nSPS) is 12.0. The minimum absolute atomic E-state index is 0.377. The molecule has 0 amide bonds. The molecule has 0 fully saturated rings. The monoisotopic (exact) mass is 238 g/mol. The van der Waals surface area contributed by atoms with Gasteiger partial charge < -0.3 is 0 Å². The van der Waals surface area contributed by atoms with Crippen molar-refractivity contribution in [3.63, 3.8) is 0 Å². The van der Waals surface area contributed by atoms with E-state index in [1.54, 1.807) is 0 Å². The SMILES string of the molecule is [CH3][Sn]([CH3])([CH3])[CH2]CCCO. The Morgan fingerprint density at radius 1 is 1.11 bits per heavy atom. The molecule has 0 atom stereocenters. The van der Waals surface area contributed by atoms with Crippen molar-refractivity contribution in [2.45, 2.75) is 32.1 Å². The molecule has 0 unspecified atom stereocenters. The van der Waals surface area contributed by atoms with Gasteiger partial charge in [0.25, 0.3) is 0 Å². The maximum atomic E-state index is 8.49. The second kappa shape index (κ2) is 4.56. The molecule has 0 saturated carbocycles. The van der Waals surface area contributed by atoms with Crippen LogP contribution in [0.5, 0.6) is 0 Å². The summed E-state index contributed by atoms with van der Waals surface area (Å²) >= 11 is -1.44. The van der Waals surface area contributed by atoms with E-state index in [9.17, 15) is 0 Å². The van der Waals surface area contributed by atoms with Crippen LogP contribution in [0.15, 0.2) is 0 Å². The first kappa shape index (κ1) is 9.76. The molecule has 0 spiro atoms. The van der Waals surface area contributed by atoms with Crippen LogP contribution in [-0.4, -0.2) is 30.1 Å². The first-order valence-electron chi connectivity index (χ1n) is 3.67. The maximum absolute atomic E-state index is 8.49. The molecule has 0 radical (unpaired) electrons. The Labute approximate surface area is 62.3 Å². The third kappa shape index (κ3) is 8.76. The second-order valence-corrected chi connectivity index (χ2v) is 19.8. The van der Waals surface area contributed by atoms with E-state index in [0.29, 0.717) is 6.61 Å². The van der Waals surface area contributed by atoms with Gasteiger partial charge in [0.05, 0.1) is 0 Å². The molecule has 0 aromatic heterocycles. The number of hydrogen-bond acceptors (Lipinski definition) is 1. The third-order valence-corrected chi connectivity index (χ3v) is 6.63. The Balaban J connectivity index is 3.07. The van der Waals surface area contributed by atoms with Gasteiger partial charge in [-0.25, -0.2) is 0 Å². The number of aliphatic hydroxyl groups excluding tert-OH is 1. The van der Waals surface area contributed by atoms with E-state index in [-0.39, 0.29) is 0 Å². The van der Waals surface area contributed by atoms with Crippen LogP contribution < -0.4 is 0 Å². The zero-order valence-electron chi connectivity index (χ0n) is 6.78. The molecule has 0 heterocycles. The molecule has 0 saturated heterocycles. The van der Waals surface area contributed by atoms with Crippen molar-refractivity contribution in [3.8, 4) is 0 Å². The Kier molecular flexibility index (Phi) is 4.94. The van der Waals surface area contributed by atoms with Gasteiger partial charge in [-0.1, -0.05) is 0 Å². The molecule has 0 aliphatic heterocycles. The molecule has 0 aromatic carbocycles. The predicted molar refractivity (Wildman–Crippen MR) is 44.5 cm³/mol. The van der Waals surface area contributed by atoms with Crippen LogP contribution >= 0.6 is 0 Å². The fourth-order valence-electron chi connectivity index (χ4n) is 0.767. The van der Waals surface area contributed by atoms with Crippen LogP contribution in [0.3, 0.4) is 0 Å². The van der Waals surface area contributed by atoms with E-state index < -0.39 is 18.4 Å². The van der Waals surface area contributed by atoms with Crippen LogP contribution in [0.1, 0.15) is 12.8 Å². The molecule has 56 valence electrons. The average molecular weight is 237 g/mol. The van der Waals surface area contributed by atoms with Crippen LogP contribution in [0, 0.1) is 0 Å². The summed E-state index contributed by atoms with van der Waals surface area (Å²) in [5.41, 5.74) is 0. The van der Waals surface area contributed by atoms with E-state index in [0.717, 1.165) is 6.42 Å². The Hall–Kier alpha value is 0.759. The van der Waals surface area contributed by atoms with Crippen LogP contribution in [-0.2, 0) is 0 Å². The van der Waals surface area contributed by atoms with Crippen LogP contribution in [0.2, 0.25) is 19.3 Å². The van der Waals surface area contributed by atoms with Crippen molar-refractivity contribution in [1.29, 1.82) is 0 Å². The number of rotatable bonds is 4. The summed E-state index contributed by atoms with van der Waals surface area (Å²) in [6.45, 7) is 0.377. The molecule has 1 N–H and O–H groups in total. The summed E-state index contributed by atoms with van der Waals surface area (Å²) in [7, 11) is 0. The molecular weight excluding hydrogens is 219 g/mol. The van der Waals surface area contributed by atoms with E-state index in [1.165, 1.54) is 10.9 Å². The van der Waals surface area contributed by atoms with Crippen molar-refractivity contribution in [2.24, 2.45) is 0 Å². The standard InChI is InChI=1S/C4H9O.3CH3.Sn/c1-2-3-4-5;;;;/h5H,1-4H2;3*1H3;. The van der Waals surface area contributed by atoms with Gasteiger partial charge in [-0.2, -0.15) is 0 Å². The van der Waals surface area contributed by atoms with E-state index in [1.807, 2.05) is 0 Å². The van der Waals surface area contributed by atoms with Gasteiger partial charge in [-0.15, -0.1) is 0 Å². The topological polar surface area (TPSA) is 20.2 Å². The summed E-state index contributed by atoms with van der Waals surface area (Å²) in [6, 6.07) is 0. The van der Waals surface area contributed by atoms with E-state index in [4.69, 9.17) is 5.11 Å². The summed E-state index contributed by atoms with van der Waals surface area (Å²) in [4.78, 5) is 7.31. The summed E-state index contributed by atoms with van der Waals surface area (Å²) in [6.07, 6.45) is 2.25. The Morgan fingerprint density at radius 3 is 2.00 bits per heavy atom. The average Bonchev–Trinajstić information content (AvgIpc) is 1.63. The minimum atomic E-state index is -1.44. The van der Waals surface area contributed by atoms with Gasteiger partial charge in [-0.05, 0) is 0 Å². The van der Waals surface area contributed by atoms with Gasteiger partial charge in [-0.3, -0.25) is 0 Å². The zero-order chi connectivity index (χ0) is 7.33. The molecule has 0 aliphatic carbocycles. The van der Waals surface area contributed by atoms with Gasteiger partial charge in [0.15, 0.2) is 0 Å². The Bertz CT molecular complexity index is 65.8. The fraction of sp³-hybridized carbons (Fsp3) is 1.00. The van der Waals surface area contributed by atoms with Gasteiger partial charge in [0, 0.05) is 0 Å². The van der Waals surface area contributed by atoms with Crippen molar-refractivity contribution in [3.05, 3.63) is 0 Å². The third-order valence-electron chi connectivity index (χ3n) is 1.33. The molecule has 0 rings (SSSR count). The summed E-state index contributed by atoms with van der Waals surface area (Å²) in [5.74, 6) is 0. The number of hydrogen-bond donors (Lipinski definition) is 1. The Morgan fingerprint density at radius 2 is 1.67 bits per heavy atom. The molecule has 2 heteroatoms. The van der Waals surface area contributed by atoms with Crippen LogP contribution in [0.4, 0.5) is 0 Å². The molecular formula is C7H18OSn. The molecule has 0 bridgehead atoms. The first-order valence-corrected chi connectivity index (χ1v) is 14.3. The van der Waals surface area contributed by atoms with Crippen LogP contribution in [0.25, 0.3) is 0 Å². The molecule has 9 heavy (non-hydrogen) atoms. The van der Waals surface area contributed by atoms with Crippen molar-refractivity contribution in [2.75, 3.05) is 6.61 Å². The predicted octanol–water partition coefficient (Wildman–Crippen LogP) is 2.10. The van der Waals surface area contributed by atoms with Gasteiger partial charge in [0.2, 0.25) is 0 Å². The summed E-state index contributed by atoms with van der Waals surface area (Å²) < 4.78 is 1.43. The first-order chi connectivity index (χ1) is 4.06. The quantitative estimate of drug-likeness (QED) is 0.586. The molecule has 0 aromatic rings. The van der Waals surface area contributed by atoms with Crippen molar-refractivity contribution in [1.82, 2.24) is 0 Å². The molecule has 0 aliphatic rings. The number of aliphatic hydroxyl groups is 1. The molecule has 1 nitrogen and oxygen atoms in total. The second-order valence-electron chi connectivity index (χ2n) is 3.74. The van der Waals surface area contributed by atoms with Crippen molar-refractivity contribution < 1.29 is 5.11 Å². The van der Waals surface area contributed by atoms with Gasteiger partial charge >= 0.3 is 62.2 Å². The van der Waals surface area contributed by atoms with Gasteiger partial charge in [0.1, 0.15) is 0 Å². The zero-order valence-corrected chi connectivity index (χ0v) is 9.63. The number of unbranched alkanes of at least 4 members (excludes halogenated alkanes) is 1. The van der Waals surface area contributed by atoms with E-state index >= 15 is 0 Å². The van der Waals surface area contributed by atoms with E-state index in [2.05, 4.69) is 14.8 Å². The fourth-order valence-corrected chi connectivity index (χ4v) is 4.51. The summed E-state index contributed by atoms with van der Waals surface area (Å²) in [5, 5.41) is 8.49.